The molecule has 4 rings (SSSR count). The summed E-state index contributed by atoms with van der Waals surface area (Å²) in [6.45, 7) is 3.93. The Morgan fingerprint density at radius 2 is 1.81 bits per heavy atom. The fraction of sp³-hybridized carbons (Fsp3) is 0.136. The molecule has 0 aliphatic heterocycles. The van der Waals surface area contributed by atoms with E-state index in [1.165, 1.54) is 30.9 Å². The monoisotopic (exact) mass is 456 g/mol. The maximum Gasteiger partial charge on any atom is 0.261 e. The van der Waals surface area contributed by atoms with Gasteiger partial charge in [-0.3, -0.25) is 9.52 Å². The summed E-state index contributed by atoms with van der Waals surface area (Å²) in [7, 11) is -4.17. The van der Waals surface area contributed by atoms with Crippen molar-refractivity contribution in [3.05, 3.63) is 83.4 Å². The van der Waals surface area contributed by atoms with Crippen molar-refractivity contribution in [3.63, 3.8) is 0 Å². The first kappa shape index (κ1) is 21.6. The van der Waals surface area contributed by atoms with E-state index < -0.39 is 38.7 Å². The van der Waals surface area contributed by atoms with Crippen LogP contribution in [0.15, 0.2) is 60.0 Å². The number of carbonyl (C=O) groups is 1. The number of fused-ring (bicyclic) bond motifs is 1. The lowest BCUT2D eigenvalue weighted by Gasteiger charge is -2.13. The number of nitrogens with zero attached hydrogens (tertiary/aromatic N) is 2. The van der Waals surface area contributed by atoms with Crippen molar-refractivity contribution in [2.24, 2.45) is 0 Å². The number of rotatable bonds is 6. The molecule has 0 atom stereocenters. The van der Waals surface area contributed by atoms with Crippen LogP contribution in [0, 0.1) is 11.6 Å². The molecule has 0 aliphatic rings. The van der Waals surface area contributed by atoms with Gasteiger partial charge in [0.2, 0.25) is 5.78 Å². The van der Waals surface area contributed by atoms with E-state index in [-0.39, 0.29) is 21.8 Å². The van der Waals surface area contributed by atoms with Crippen LogP contribution in [0.2, 0.25) is 0 Å². The summed E-state index contributed by atoms with van der Waals surface area (Å²) in [5.41, 5.74) is -0.204. The van der Waals surface area contributed by atoms with Gasteiger partial charge in [0.25, 0.3) is 10.0 Å². The fourth-order valence-corrected chi connectivity index (χ4v) is 4.32. The Balaban J connectivity index is 1.71. The van der Waals surface area contributed by atoms with E-state index in [4.69, 9.17) is 0 Å². The summed E-state index contributed by atoms with van der Waals surface area (Å²) in [4.78, 5) is 23.3. The van der Waals surface area contributed by atoms with Gasteiger partial charge in [0.15, 0.2) is 5.82 Å². The van der Waals surface area contributed by atoms with E-state index in [2.05, 4.69) is 19.7 Å². The van der Waals surface area contributed by atoms with Gasteiger partial charge in [0.05, 0.1) is 21.7 Å². The standard InChI is InChI=1S/C22H18F2N4O3S/c1-12(2)13-3-5-14(6-4-13)32(30,31)28-18-8-7-17(23)19(20(18)24)21(29)15-10-26-22-16(15)9-25-11-27-22/h3-12,28H,1-2H3,(H,25,26,27). The zero-order valence-electron chi connectivity index (χ0n) is 17.1. The molecule has 7 nitrogen and oxygen atoms in total. The average molecular weight is 456 g/mol. The van der Waals surface area contributed by atoms with Crippen LogP contribution in [0.5, 0.6) is 0 Å². The highest BCUT2D eigenvalue weighted by molar-refractivity contribution is 7.92. The summed E-state index contributed by atoms with van der Waals surface area (Å²) in [6.07, 6.45) is 3.88. The number of aromatic nitrogens is 3. The molecule has 0 amide bonds. The van der Waals surface area contributed by atoms with Crippen molar-refractivity contribution >= 4 is 32.5 Å². The molecule has 10 heteroatoms. The summed E-state index contributed by atoms with van der Waals surface area (Å²) in [5.74, 6) is -3.20. The van der Waals surface area contributed by atoms with Crippen LogP contribution in [0.25, 0.3) is 11.0 Å². The highest BCUT2D eigenvalue weighted by atomic mass is 32.2. The molecule has 2 aromatic carbocycles. The van der Waals surface area contributed by atoms with Crippen molar-refractivity contribution in [1.29, 1.82) is 0 Å². The molecular formula is C22H18F2N4O3S. The van der Waals surface area contributed by atoms with E-state index in [1.54, 1.807) is 12.1 Å². The predicted octanol–water partition coefficient (Wildman–Crippen LogP) is 4.39. The largest absolute Gasteiger partial charge is 0.345 e. The van der Waals surface area contributed by atoms with Crippen molar-refractivity contribution in [1.82, 2.24) is 15.0 Å². The van der Waals surface area contributed by atoms with Gasteiger partial charge in [0, 0.05) is 17.8 Å². The molecule has 0 bridgehead atoms. The second-order valence-corrected chi connectivity index (χ2v) is 9.11. The van der Waals surface area contributed by atoms with Gasteiger partial charge in [0.1, 0.15) is 17.8 Å². The molecule has 0 spiro atoms. The molecule has 164 valence electrons. The zero-order valence-corrected chi connectivity index (χ0v) is 17.9. The number of carbonyl (C=O) groups excluding carboxylic acids is 1. The third-order valence-electron chi connectivity index (χ3n) is 5.02. The SMILES string of the molecule is CC(C)c1ccc(S(=O)(=O)Nc2ccc(F)c(C(=O)c3c[nH]c4ncncc34)c2F)cc1. The summed E-state index contributed by atoms with van der Waals surface area (Å²) in [6, 6.07) is 7.89. The molecule has 0 aliphatic carbocycles. The van der Waals surface area contributed by atoms with Gasteiger partial charge in [-0.1, -0.05) is 26.0 Å². The number of hydrogen-bond acceptors (Lipinski definition) is 5. The molecule has 2 heterocycles. The number of ketones is 1. The van der Waals surface area contributed by atoms with Gasteiger partial charge in [-0.05, 0) is 35.7 Å². The van der Waals surface area contributed by atoms with Crippen LogP contribution in [0.1, 0.15) is 41.3 Å². The van der Waals surface area contributed by atoms with Gasteiger partial charge >= 0.3 is 0 Å². The Hall–Kier alpha value is -3.66. The molecule has 32 heavy (non-hydrogen) atoms. The number of halogens is 2. The topological polar surface area (TPSA) is 105 Å². The maximum absolute atomic E-state index is 15.2. The Kier molecular flexibility index (Phi) is 5.47. The summed E-state index contributed by atoms with van der Waals surface area (Å²) in [5, 5.41) is 0.285. The minimum Gasteiger partial charge on any atom is -0.345 e. The lowest BCUT2D eigenvalue weighted by molar-refractivity contribution is 0.103. The van der Waals surface area contributed by atoms with Crippen LogP contribution in [-0.2, 0) is 10.0 Å². The summed E-state index contributed by atoms with van der Waals surface area (Å²) < 4.78 is 57.2. The highest BCUT2D eigenvalue weighted by Crippen LogP contribution is 2.28. The molecule has 0 unspecified atom stereocenters. The smallest absolute Gasteiger partial charge is 0.261 e. The molecule has 0 fully saturated rings. The zero-order chi connectivity index (χ0) is 23.0. The normalized spacial score (nSPS) is 11.8. The molecule has 0 saturated heterocycles. The molecule has 2 aromatic heterocycles. The quantitative estimate of drug-likeness (QED) is 0.419. The minimum atomic E-state index is -4.17. The van der Waals surface area contributed by atoms with Crippen LogP contribution >= 0.6 is 0 Å². The van der Waals surface area contributed by atoms with E-state index in [1.807, 2.05) is 13.8 Å². The fourth-order valence-electron chi connectivity index (χ4n) is 3.26. The number of aromatic amines is 1. The third kappa shape index (κ3) is 3.84. The second kappa shape index (κ2) is 8.12. The third-order valence-corrected chi connectivity index (χ3v) is 6.40. The molecule has 0 saturated carbocycles. The Morgan fingerprint density at radius 1 is 1.09 bits per heavy atom. The van der Waals surface area contributed by atoms with Crippen LogP contribution in [0.4, 0.5) is 14.5 Å². The molecule has 0 radical (unpaired) electrons. The first-order valence-electron chi connectivity index (χ1n) is 9.61. The molecule has 4 aromatic rings. The number of H-pyrrole nitrogens is 1. The Morgan fingerprint density at radius 3 is 2.50 bits per heavy atom. The van der Waals surface area contributed by atoms with Crippen molar-refractivity contribution < 1.29 is 22.0 Å². The van der Waals surface area contributed by atoms with E-state index in [0.717, 1.165) is 17.7 Å². The van der Waals surface area contributed by atoms with E-state index >= 15 is 4.39 Å². The van der Waals surface area contributed by atoms with Gasteiger partial charge in [-0.15, -0.1) is 0 Å². The number of anilines is 1. The Bertz CT molecular complexity index is 1430. The predicted molar refractivity (Wildman–Crippen MR) is 115 cm³/mol. The van der Waals surface area contributed by atoms with E-state index in [0.29, 0.717) is 5.65 Å². The molecular weight excluding hydrogens is 438 g/mol. The van der Waals surface area contributed by atoms with Crippen LogP contribution in [-0.4, -0.2) is 29.2 Å². The average Bonchev–Trinajstić information content (AvgIpc) is 3.20. The van der Waals surface area contributed by atoms with Gasteiger partial charge < -0.3 is 4.98 Å². The lowest BCUT2D eigenvalue weighted by Crippen LogP contribution is -2.16. The Labute approximate surface area is 182 Å². The highest BCUT2D eigenvalue weighted by Gasteiger charge is 2.26. The first-order valence-corrected chi connectivity index (χ1v) is 11.1. The second-order valence-electron chi connectivity index (χ2n) is 7.43. The maximum atomic E-state index is 15.2. The first-order chi connectivity index (χ1) is 15.2. The van der Waals surface area contributed by atoms with Crippen LogP contribution in [0.3, 0.4) is 0 Å². The van der Waals surface area contributed by atoms with Gasteiger partial charge in [-0.25, -0.2) is 27.2 Å². The number of benzene rings is 2. The van der Waals surface area contributed by atoms with Crippen LogP contribution < -0.4 is 4.72 Å². The number of hydrogen-bond donors (Lipinski definition) is 2. The lowest BCUT2D eigenvalue weighted by atomic mass is 10.0. The van der Waals surface area contributed by atoms with Crippen molar-refractivity contribution in [2.45, 2.75) is 24.7 Å². The van der Waals surface area contributed by atoms with E-state index in [9.17, 15) is 17.6 Å². The summed E-state index contributed by atoms with van der Waals surface area (Å²) >= 11 is 0. The van der Waals surface area contributed by atoms with Gasteiger partial charge in [-0.2, -0.15) is 0 Å². The van der Waals surface area contributed by atoms with Crippen molar-refractivity contribution in [3.8, 4) is 0 Å². The minimum absolute atomic E-state index is 0.0392. The van der Waals surface area contributed by atoms with Crippen molar-refractivity contribution in [2.75, 3.05) is 4.72 Å². The molecule has 2 N–H and O–H groups in total. The number of sulfonamides is 1. The number of nitrogens with one attached hydrogen (secondary N) is 2.